The van der Waals surface area contributed by atoms with Crippen LogP contribution in [0, 0.1) is 11.8 Å². The van der Waals surface area contributed by atoms with E-state index in [4.69, 9.17) is 5.73 Å². The molecule has 2 unspecified atom stereocenters. The van der Waals surface area contributed by atoms with Crippen molar-refractivity contribution < 1.29 is 4.79 Å². The van der Waals surface area contributed by atoms with Crippen molar-refractivity contribution >= 4 is 5.91 Å². The van der Waals surface area contributed by atoms with Crippen LogP contribution in [0.3, 0.4) is 0 Å². The van der Waals surface area contributed by atoms with Gasteiger partial charge in [0.25, 0.3) is 0 Å². The molecule has 0 spiro atoms. The average Bonchev–Trinajstić information content (AvgIpc) is 2.77. The SMILES string of the molecule is CN1CCC(CN(C)C(=O)C2CCCC2N)CC1. The number of piperidine rings is 1. The van der Waals surface area contributed by atoms with Gasteiger partial charge in [-0.15, -0.1) is 0 Å². The van der Waals surface area contributed by atoms with Crippen LogP contribution < -0.4 is 5.73 Å². The highest BCUT2D eigenvalue weighted by Crippen LogP contribution is 2.26. The molecule has 1 saturated carbocycles. The van der Waals surface area contributed by atoms with Crippen LogP contribution in [0.1, 0.15) is 32.1 Å². The van der Waals surface area contributed by atoms with Crippen molar-refractivity contribution in [3.05, 3.63) is 0 Å². The Hall–Kier alpha value is -0.610. The molecule has 0 aromatic carbocycles. The molecule has 2 rings (SSSR count). The van der Waals surface area contributed by atoms with Gasteiger partial charge in [-0.2, -0.15) is 0 Å². The van der Waals surface area contributed by atoms with Crippen LogP contribution in [0.4, 0.5) is 0 Å². The summed E-state index contributed by atoms with van der Waals surface area (Å²) in [4.78, 5) is 16.6. The van der Waals surface area contributed by atoms with E-state index in [1.165, 1.54) is 12.8 Å². The Morgan fingerprint density at radius 1 is 1.28 bits per heavy atom. The number of carbonyl (C=O) groups is 1. The van der Waals surface area contributed by atoms with E-state index in [2.05, 4.69) is 11.9 Å². The van der Waals surface area contributed by atoms with Crippen LogP contribution in [-0.2, 0) is 4.79 Å². The van der Waals surface area contributed by atoms with Crippen molar-refractivity contribution in [2.45, 2.75) is 38.1 Å². The Bertz CT molecular complexity index is 287. The van der Waals surface area contributed by atoms with E-state index >= 15 is 0 Å². The van der Waals surface area contributed by atoms with Gasteiger partial charge in [-0.05, 0) is 51.7 Å². The fraction of sp³-hybridized carbons (Fsp3) is 0.929. The lowest BCUT2D eigenvalue weighted by Crippen LogP contribution is -2.43. The highest BCUT2D eigenvalue weighted by molar-refractivity contribution is 5.79. The molecule has 0 aromatic rings. The first-order valence-electron chi connectivity index (χ1n) is 7.27. The Labute approximate surface area is 110 Å². The second-order valence-corrected chi connectivity index (χ2v) is 6.17. The molecule has 4 nitrogen and oxygen atoms in total. The van der Waals surface area contributed by atoms with E-state index < -0.39 is 0 Å². The summed E-state index contributed by atoms with van der Waals surface area (Å²) >= 11 is 0. The number of likely N-dealkylation sites (tertiary alicyclic amines) is 1. The minimum absolute atomic E-state index is 0.0845. The average molecular weight is 253 g/mol. The normalized spacial score (nSPS) is 30.6. The van der Waals surface area contributed by atoms with E-state index in [9.17, 15) is 4.79 Å². The van der Waals surface area contributed by atoms with Crippen LogP contribution in [0.25, 0.3) is 0 Å². The number of amides is 1. The van der Waals surface area contributed by atoms with Crippen molar-refractivity contribution in [3.63, 3.8) is 0 Å². The summed E-state index contributed by atoms with van der Waals surface area (Å²) in [6, 6.07) is 0.0949. The summed E-state index contributed by atoms with van der Waals surface area (Å²) in [6.45, 7) is 3.24. The first-order valence-corrected chi connectivity index (χ1v) is 7.27. The zero-order valence-corrected chi connectivity index (χ0v) is 11.8. The number of nitrogens with zero attached hydrogens (tertiary/aromatic N) is 2. The minimum atomic E-state index is 0.0845. The first-order chi connectivity index (χ1) is 8.58. The molecular weight excluding hydrogens is 226 g/mol. The summed E-state index contributed by atoms with van der Waals surface area (Å²) in [5, 5.41) is 0. The molecular formula is C14H27N3O. The smallest absolute Gasteiger partial charge is 0.226 e. The molecule has 1 aliphatic carbocycles. The molecule has 0 radical (unpaired) electrons. The zero-order chi connectivity index (χ0) is 13.1. The monoisotopic (exact) mass is 253 g/mol. The Morgan fingerprint density at radius 2 is 1.94 bits per heavy atom. The third-order valence-corrected chi connectivity index (χ3v) is 4.63. The minimum Gasteiger partial charge on any atom is -0.345 e. The summed E-state index contributed by atoms with van der Waals surface area (Å²) in [5.74, 6) is 1.04. The van der Waals surface area contributed by atoms with Crippen LogP contribution in [0.5, 0.6) is 0 Å². The summed E-state index contributed by atoms with van der Waals surface area (Å²) in [5.41, 5.74) is 6.01. The molecule has 2 N–H and O–H groups in total. The second-order valence-electron chi connectivity index (χ2n) is 6.17. The Morgan fingerprint density at radius 3 is 2.50 bits per heavy atom. The van der Waals surface area contributed by atoms with E-state index in [0.29, 0.717) is 5.92 Å². The highest BCUT2D eigenvalue weighted by atomic mass is 16.2. The predicted molar refractivity (Wildman–Crippen MR) is 73.2 cm³/mol. The maximum Gasteiger partial charge on any atom is 0.226 e. The third kappa shape index (κ3) is 3.23. The first kappa shape index (κ1) is 13.8. The van der Waals surface area contributed by atoms with Gasteiger partial charge in [0, 0.05) is 19.6 Å². The fourth-order valence-electron chi connectivity index (χ4n) is 3.30. The quantitative estimate of drug-likeness (QED) is 0.813. The number of carbonyl (C=O) groups excluding carboxylic acids is 1. The van der Waals surface area contributed by atoms with Crippen LogP contribution in [0.15, 0.2) is 0 Å². The predicted octanol–water partition coefficient (Wildman–Crippen LogP) is 0.914. The van der Waals surface area contributed by atoms with Crippen molar-refractivity contribution in [1.82, 2.24) is 9.80 Å². The van der Waals surface area contributed by atoms with Crippen LogP contribution >= 0.6 is 0 Å². The molecule has 1 aliphatic heterocycles. The van der Waals surface area contributed by atoms with Crippen molar-refractivity contribution in [2.75, 3.05) is 33.7 Å². The van der Waals surface area contributed by atoms with E-state index in [1.807, 2.05) is 11.9 Å². The number of hydrogen-bond donors (Lipinski definition) is 1. The van der Waals surface area contributed by atoms with Gasteiger partial charge < -0.3 is 15.5 Å². The summed E-state index contributed by atoms with van der Waals surface area (Å²) in [6.07, 6.45) is 5.53. The summed E-state index contributed by atoms with van der Waals surface area (Å²) in [7, 11) is 4.12. The number of hydrogen-bond acceptors (Lipinski definition) is 3. The fourth-order valence-corrected chi connectivity index (χ4v) is 3.30. The molecule has 18 heavy (non-hydrogen) atoms. The number of rotatable bonds is 3. The molecule has 0 bridgehead atoms. The standard InChI is InChI=1S/C14H27N3O/c1-16-8-6-11(7-9-16)10-17(2)14(18)12-4-3-5-13(12)15/h11-13H,3-10,15H2,1-2H3. The van der Waals surface area contributed by atoms with Gasteiger partial charge in [0.2, 0.25) is 5.91 Å². The summed E-state index contributed by atoms with van der Waals surface area (Å²) < 4.78 is 0. The van der Waals surface area contributed by atoms with Gasteiger partial charge in [0.1, 0.15) is 0 Å². The largest absolute Gasteiger partial charge is 0.345 e. The van der Waals surface area contributed by atoms with Gasteiger partial charge >= 0.3 is 0 Å². The van der Waals surface area contributed by atoms with Gasteiger partial charge in [-0.3, -0.25) is 4.79 Å². The molecule has 1 heterocycles. The van der Waals surface area contributed by atoms with Gasteiger partial charge in [0.05, 0.1) is 5.92 Å². The number of nitrogens with two attached hydrogens (primary N) is 1. The highest BCUT2D eigenvalue weighted by Gasteiger charge is 2.33. The second kappa shape index (κ2) is 6.02. The maximum atomic E-state index is 12.3. The Kier molecular flexibility index (Phi) is 4.62. The molecule has 2 aliphatic rings. The van der Waals surface area contributed by atoms with Crippen LogP contribution in [0.2, 0.25) is 0 Å². The molecule has 2 atom stereocenters. The maximum absolute atomic E-state index is 12.3. The van der Waals surface area contributed by atoms with E-state index in [-0.39, 0.29) is 17.9 Å². The lowest BCUT2D eigenvalue weighted by molar-refractivity contribution is -0.135. The van der Waals surface area contributed by atoms with Crippen molar-refractivity contribution in [1.29, 1.82) is 0 Å². The topological polar surface area (TPSA) is 49.6 Å². The van der Waals surface area contributed by atoms with Gasteiger partial charge in [-0.25, -0.2) is 0 Å². The van der Waals surface area contributed by atoms with E-state index in [0.717, 1.165) is 38.9 Å². The molecule has 4 heteroatoms. The van der Waals surface area contributed by atoms with Crippen molar-refractivity contribution in [2.24, 2.45) is 17.6 Å². The lowest BCUT2D eigenvalue weighted by Gasteiger charge is -2.32. The van der Waals surface area contributed by atoms with Gasteiger partial charge in [0.15, 0.2) is 0 Å². The molecule has 0 aromatic heterocycles. The third-order valence-electron chi connectivity index (χ3n) is 4.63. The molecule has 1 amide bonds. The van der Waals surface area contributed by atoms with Gasteiger partial charge in [-0.1, -0.05) is 6.42 Å². The molecule has 2 fully saturated rings. The zero-order valence-electron chi connectivity index (χ0n) is 11.8. The molecule has 1 saturated heterocycles. The Balaban J connectivity index is 1.80. The van der Waals surface area contributed by atoms with Crippen molar-refractivity contribution in [3.8, 4) is 0 Å². The van der Waals surface area contributed by atoms with Crippen LogP contribution in [-0.4, -0.2) is 55.5 Å². The molecule has 104 valence electrons. The van der Waals surface area contributed by atoms with E-state index in [1.54, 1.807) is 0 Å². The lowest BCUT2D eigenvalue weighted by atomic mass is 9.95.